The number of hydrogen-bond donors (Lipinski definition) is 2. The minimum Gasteiger partial charge on any atom is -0.452 e. The monoisotopic (exact) mass is 342 g/mol. The lowest BCUT2D eigenvalue weighted by atomic mass is 10.2. The van der Waals surface area contributed by atoms with Crippen molar-refractivity contribution in [2.24, 2.45) is 0 Å². The van der Waals surface area contributed by atoms with Crippen LogP contribution in [0.1, 0.15) is 18.9 Å². The van der Waals surface area contributed by atoms with Gasteiger partial charge in [-0.1, -0.05) is 24.6 Å². The highest BCUT2D eigenvalue weighted by Gasteiger charge is 2.09. The number of amides is 3. The summed E-state index contributed by atoms with van der Waals surface area (Å²) in [6.45, 7) is 1.65. The van der Waals surface area contributed by atoms with Crippen molar-refractivity contribution in [3.05, 3.63) is 40.7 Å². The van der Waals surface area contributed by atoms with E-state index in [1.807, 2.05) is 12.2 Å². The number of hydrogen-bond acceptors (Lipinski definition) is 4. The number of imide groups is 1. The molecule has 6 nitrogen and oxygen atoms in total. The van der Waals surface area contributed by atoms with Gasteiger partial charge in [-0.05, 0) is 24.6 Å². The number of halogens is 2. The first-order chi connectivity index (χ1) is 10.9. The molecule has 1 aromatic carbocycles. The van der Waals surface area contributed by atoms with Gasteiger partial charge in [0.05, 0.1) is 5.02 Å². The molecule has 0 bridgehead atoms. The quantitative estimate of drug-likeness (QED) is 0.613. The lowest BCUT2D eigenvalue weighted by Crippen LogP contribution is -2.41. The molecule has 0 radical (unpaired) electrons. The van der Waals surface area contributed by atoms with Gasteiger partial charge in [0.15, 0.2) is 6.61 Å². The van der Waals surface area contributed by atoms with Gasteiger partial charge in [-0.3, -0.25) is 10.1 Å². The Morgan fingerprint density at radius 3 is 2.74 bits per heavy atom. The number of ether oxygens (including phenoxy) is 1. The van der Waals surface area contributed by atoms with E-state index in [2.05, 4.69) is 10.1 Å². The molecule has 8 heteroatoms. The summed E-state index contributed by atoms with van der Waals surface area (Å²) in [7, 11) is 0. The predicted octanol–water partition coefficient (Wildman–Crippen LogP) is 2.27. The Bertz CT molecular complexity index is 599. The molecule has 0 fully saturated rings. The van der Waals surface area contributed by atoms with Gasteiger partial charge in [0.2, 0.25) is 0 Å². The number of rotatable bonds is 6. The molecule has 0 aliphatic carbocycles. The highest BCUT2D eigenvalue weighted by atomic mass is 35.5. The van der Waals surface area contributed by atoms with Crippen molar-refractivity contribution in [2.45, 2.75) is 13.3 Å². The van der Waals surface area contributed by atoms with Crippen LogP contribution in [0.2, 0.25) is 5.02 Å². The minimum absolute atomic E-state index is 0.0366. The van der Waals surface area contributed by atoms with Crippen molar-refractivity contribution < 1.29 is 23.5 Å². The fourth-order valence-electron chi connectivity index (χ4n) is 1.45. The summed E-state index contributed by atoms with van der Waals surface area (Å²) in [5.41, 5.74) is 0.0366. The van der Waals surface area contributed by atoms with E-state index in [0.717, 1.165) is 18.6 Å². The molecule has 23 heavy (non-hydrogen) atoms. The van der Waals surface area contributed by atoms with Crippen LogP contribution in [-0.2, 0) is 14.3 Å². The molecule has 0 unspecified atom stereocenters. The van der Waals surface area contributed by atoms with Crippen LogP contribution >= 0.6 is 11.6 Å². The molecule has 0 atom stereocenters. The molecular formula is C15H16ClFN2O4. The molecule has 1 aromatic rings. The van der Waals surface area contributed by atoms with Gasteiger partial charge in [0, 0.05) is 18.2 Å². The first-order valence-corrected chi connectivity index (χ1v) is 7.18. The fraction of sp³-hybridized carbons (Fsp3) is 0.267. The molecule has 0 spiro atoms. The van der Waals surface area contributed by atoms with Crippen molar-refractivity contribution >= 4 is 35.6 Å². The standard InChI is InChI=1S/C15H16ClFN2O4/c1-2-8-18-15(22)19-13(20)9-23-14(21)7-6-10-11(16)4-3-5-12(10)17/h3-7H,2,8-9H2,1H3,(H2,18,19,20,22)/b7-6+. The van der Waals surface area contributed by atoms with Crippen LogP contribution in [0.3, 0.4) is 0 Å². The van der Waals surface area contributed by atoms with Crippen LogP contribution in [0.25, 0.3) is 6.08 Å². The van der Waals surface area contributed by atoms with Crippen LogP contribution in [0.5, 0.6) is 0 Å². The number of benzene rings is 1. The Hall–Kier alpha value is -2.41. The lowest BCUT2D eigenvalue weighted by molar-refractivity contribution is -0.143. The molecule has 0 aromatic heterocycles. The van der Waals surface area contributed by atoms with Crippen LogP contribution in [0.4, 0.5) is 9.18 Å². The van der Waals surface area contributed by atoms with Crippen molar-refractivity contribution in [3.63, 3.8) is 0 Å². The molecule has 0 saturated carbocycles. The number of urea groups is 1. The molecule has 124 valence electrons. The molecule has 2 N–H and O–H groups in total. The molecule has 0 saturated heterocycles. The van der Waals surface area contributed by atoms with E-state index >= 15 is 0 Å². The highest BCUT2D eigenvalue weighted by molar-refractivity contribution is 6.32. The highest BCUT2D eigenvalue weighted by Crippen LogP contribution is 2.20. The van der Waals surface area contributed by atoms with Gasteiger partial charge in [0.1, 0.15) is 5.82 Å². The number of esters is 1. The minimum atomic E-state index is -0.867. The fourth-order valence-corrected chi connectivity index (χ4v) is 1.68. The van der Waals surface area contributed by atoms with Crippen molar-refractivity contribution in [3.8, 4) is 0 Å². The summed E-state index contributed by atoms with van der Waals surface area (Å²) in [5.74, 6) is -2.23. The molecule has 3 amide bonds. The largest absolute Gasteiger partial charge is 0.452 e. The third kappa shape index (κ3) is 6.92. The van der Waals surface area contributed by atoms with E-state index in [1.165, 1.54) is 18.2 Å². The predicted molar refractivity (Wildman–Crippen MR) is 83.2 cm³/mol. The summed E-state index contributed by atoms with van der Waals surface area (Å²) in [5, 5.41) is 4.56. The normalized spacial score (nSPS) is 10.4. The zero-order chi connectivity index (χ0) is 17.2. The third-order valence-electron chi connectivity index (χ3n) is 2.52. The molecule has 0 aliphatic rings. The van der Waals surface area contributed by atoms with Gasteiger partial charge in [0.25, 0.3) is 5.91 Å². The maximum Gasteiger partial charge on any atom is 0.331 e. The van der Waals surface area contributed by atoms with E-state index in [9.17, 15) is 18.8 Å². The average Bonchev–Trinajstić information content (AvgIpc) is 2.50. The summed E-state index contributed by atoms with van der Waals surface area (Å²) < 4.78 is 18.1. The molecule has 0 heterocycles. The average molecular weight is 343 g/mol. The smallest absolute Gasteiger partial charge is 0.331 e. The number of carbonyl (C=O) groups is 3. The second kappa shape index (κ2) is 9.58. The third-order valence-corrected chi connectivity index (χ3v) is 2.85. The summed E-state index contributed by atoms with van der Waals surface area (Å²) in [4.78, 5) is 34.0. The van der Waals surface area contributed by atoms with Gasteiger partial charge >= 0.3 is 12.0 Å². The Balaban J connectivity index is 2.44. The summed E-state index contributed by atoms with van der Waals surface area (Å²) in [6, 6.07) is 3.43. The second-order valence-corrected chi connectivity index (χ2v) is 4.79. The van der Waals surface area contributed by atoms with Crippen molar-refractivity contribution in [2.75, 3.05) is 13.2 Å². The first kappa shape index (κ1) is 18.6. The maximum atomic E-state index is 13.5. The maximum absolute atomic E-state index is 13.5. The number of carbonyl (C=O) groups excluding carboxylic acids is 3. The topological polar surface area (TPSA) is 84.5 Å². The Kier molecular flexibility index (Phi) is 7.76. The van der Waals surface area contributed by atoms with Crippen LogP contribution in [-0.4, -0.2) is 31.1 Å². The van der Waals surface area contributed by atoms with Crippen LogP contribution in [0, 0.1) is 5.82 Å². The van der Waals surface area contributed by atoms with Gasteiger partial charge in [-0.25, -0.2) is 14.0 Å². The Morgan fingerprint density at radius 1 is 1.35 bits per heavy atom. The summed E-state index contributed by atoms with van der Waals surface area (Å²) in [6.07, 6.45) is 2.81. The Labute approximate surface area is 137 Å². The first-order valence-electron chi connectivity index (χ1n) is 6.80. The van der Waals surface area contributed by atoms with Crippen LogP contribution in [0.15, 0.2) is 24.3 Å². The summed E-state index contributed by atoms with van der Waals surface area (Å²) >= 11 is 5.79. The van der Waals surface area contributed by atoms with Crippen molar-refractivity contribution in [1.29, 1.82) is 0 Å². The number of nitrogens with one attached hydrogen (secondary N) is 2. The lowest BCUT2D eigenvalue weighted by Gasteiger charge is -2.05. The molecule has 1 rings (SSSR count). The zero-order valence-electron chi connectivity index (χ0n) is 12.4. The van der Waals surface area contributed by atoms with Gasteiger partial charge in [-0.15, -0.1) is 0 Å². The van der Waals surface area contributed by atoms with E-state index in [1.54, 1.807) is 0 Å². The zero-order valence-corrected chi connectivity index (χ0v) is 13.2. The molecule has 0 aliphatic heterocycles. The van der Waals surface area contributed by atoms with Gasteiger partial charge in [-0.2, -0.15) is 0 Å². The van der Waals surface area contributed by atoms with E-state index in [0.29, 0.717) is 6.54 Å². The van der Waals surface area contributed by atoms with Crippen LogP contribution < -0.4 is 10.6 Å². The van der Waals surface area contributed by atoms with E-state index < -0.39 is 30.3 Å². The van der Waals surface area contributed by atoms with E-state index in [-0.39, 0.29) is 10.6 Å². The SMILES string of the molecule is CCCNC(=O)NC(=O)COC(=O)/C=C/c1c(F)cccc1Cl. The van der Waals surface area contributed by atoms with E-state index in [4.69, 9.17) is 11.6 Å². The van der Waals surface area contributed by atoms with Crippen molar-refractivity contribution in [1.82, 2.24) is 10.6 Å². The van der Waals surface area contributed by atoms with Gasteiger partial charge < -0.3 is 10.1 Å². The second-order valence-electron chi connectivity index (χ2n) is 4.38. The molecular weight excluding hydrogens is 327 g/mol. The Morgan fingerprint density at radius 2 is 2.09 bits per heavy atom.